The molecule has 1 aliphatic carbocycles. The van der Waals surface area contributed by atoms with Gasteiger partial charge in [0.25, 0.3) is 0 Å². The van der Waals surface area contributed by atoms with Gasteiger partial charge in [-0.25, -0.2) is 13.1 Å². The van der Waals surface area contributed by atoms with Crippen LogP contribution in [0.5, 0.6) is 0 Å². The third kappa shape index (κ3) is 4.99. The van der Waals surface area contributed by atoms with Crippen LogP contribution in [0, 0.1) is 12.8 Å². The first kappa shape index (κ1) is 22.4. The van der Waals surface area contributed by atoms with E-state index in [4.69, 9.17) is 0 Å². The topological polar surface area (TPSA) is 84.2 Å². The number of nitrogens with zero attached hydrogens (tertiary/aromatic N) is 6. The van der Waals surface area contributed by atoms with E-state index in [-0.39, 0.29) is 17.8 Å². The third-order valence-electron chi connectivity index (χ3n) is 6.71. The van der Waals surface area contributed by atoms with Gasteiger partial charge in [0.1, 0.15) is 0 Å². The predicted octanol–water partition coefficient (Wildman–Crippen LogP) is 2.67. The number of hydrogen-bond acceptors (Lipinski definition) is 7. The first-order valence-corrected chi connectivity index (χ1v) is 13.0. The molecule has 2 heterocycles. The van der Waals surface area contributed by atoms with E-state index >= 15 is 0 Å². The summed E-state index contributed by atoms with van der Waals surface area (Å²) in [5, 5.41) is 12.2. The normalized spacial score (nSPS) is 20.5. The lowest BCUT2D eigenvalue weighted by Gasteiger charge is -2.42. The van der Waals surface area contributed by atoms with Crippen LogP contribution in [0.1, 0.15) is 57.0 Å². The highest BCUT2D eigenvalue weighted by Crippen LogP contribution is 2.30. The van der Waals surface area contributed by atoms with Crippen molar-refractivity contribution in [2.24, 2.45) is 5.92 Å². The first-order chi connectivity index (χ1) is 14.8. The lowest BCUT2D eigenvalue weighted by atomic mass is 10.0. The number of benzene rings is 1. The van der Waals surface area contributed by atoms with Gasteiger partial charge in [-0.3, -0.25) is 9.80 Å². The van der Waals surface area contributed by atoms with E-state index in [1.807, 2.05) is 19.1 Å². The second-order valence-electron chi connectivity index (χ2n) is 9.29. The molecule has 0 bridgehead atoms. The highest BCUT2D eigenvalue weighted by atomic mass is 32.2. The Morgan fingerprint density at radius 3 is 2.29 bits per heavy atom. The van der Waals surface area contributed by atoms with Crippen molar-refractivity contribution < 1.29 is 8.42 Å². The van der Waals surface area contributed by atoms with Gasteiger partial charge in [-0.05, 0) is 48.2 Å². The number of rotatable bonds is 7. The molecule has 1 atom stereocenters. The van der Waals surface area contributed by atoms with E-state index < -0.39 is 9.84 Å². The summed E-state index contributed by atoms with van der Waals surface area (Å²) in [4.78, 5) is 5.36. The van der Waals surface area contributed by atoms with Gasteiger partial charge in [0, 0.05) is 32.2 Å². The van der Waals surface area contributed by atoms with Crippen LogP contribution in [0.25, 0.3) is 0 Å². The van der Waals surface area contributed by atoms with Crippen molar-refractivity contribution in [1.29, 1.82) is 0 Å². The highest BCUT2D eigenvalue weighted by Gasteiger charge is 2.34. The fraction of sp³-hybridized carbons (Fsp3) is 0.682. The van der Waals surface area contributed by atoms with Gasteiger partial charge in [-0.1, -0.05) is 44.4 Å². The maximum absolute atomic E-state index is 13.0. The Morgan fingerprint density at radius 2 is 1.68 bits per heavy atom. The minimum atomic E-state index is -3.54. The number of piperazine rings is 1. The number of hydrogen-bond donors (Lipinski definition) is 0. The molecule has 1 unspecified atom stereocenters. The molecule has 1 aromatic heterocycles. The summed E-state index contributed by atoms with van der Waals surface area (Å²) >= 11 is 0. The van der Waals surface area contributed by atoms with Crippen molar-refractivity contribution >= 4 is 9.84 Å². The molecule has 8 nitrogen and oxygen atoms in total. The minimum Gasteiger partial charge on any atom is -0.298 e. The zero-order valence-electron chi connectivity index (χ0n) is 18.8. The van der Waals surface area contributed by atoms with Crippen molar-refractivity contribution in [3.63, 3.8) is 0 Å². The second kappa shape index (κ2) is 9.34. The Morgan fingerprint density at radius 1 is 1.03 bits per heavy atom. The number of sulfone groups is 1. The maximum atomic E-state index is 13.0. The molecule has 0 radical (unpaired) electrons. The molecular formula is C22H34N6O2S. The molecule has 0 spiro atoms. The lowest BCUT2D eigenvalue weighted by Crippen LogP contribution is -2.51. The van der Waals surface area contributed by atoms with Crippen molar-refractivity contribution in [3.8, 4) is 0 Å². The average Bonchev–Trinajstić information content (AvgIpc) is 3.42. The van der Waals surface area contributed by atoms with Crippen LogP contribution in [0.4, 0.5) is 0 Å². The molecule has 1 saturated heterocycles. The maximum Gasteiger partial charge on any atom is 0.198 e. The van der Waals surface area contributed by atoms with Crippen LogP contribution in [-0.4, -0.2) is 70.6 Å². The largest absolute Gasteiger partial charge is 0.298 e. The highest BCUT2D eigenvalue weighted by molar-refractivity contribution is 7.90. The SMILES string of the molecule is Cc1ccc(S(=O)(=O)Cn2nnnc2C(C(C)C)N2CCN(C3CCCC3)CC2)cc1. The number of tetrazole rings is 1. The van der Waals surface area contributed by atoms with Crippen LogP contribution >= 0.6 is 0 Å². The summed E-state index contributed by atoms with van der Waals surface area (Å²) in [6.45, 7) is 10.3. The summed E-state index contributed by atoms with van der Waals surface area (Å²) in [5.41, 5.74) is 1.03. The Bertz CT molecular complexity index is 958. The second-order valence-corrected chi connectivity index (χ2v) is 11.3. The number of aryl methyl sites for hydroxylation is 1. The molecule has 31 heavy (non-hydrogen) atoms. The van der Waals surface area contributed by atoms with Crippen LogP contribution < -0.4 is 0 Å². The third-order valence-corrected chi connectivity index (χ3v) is 8.29. The standard InChI is InChI=1S/C22H34N6O2S/c1-17(2)21(27-14-12-26(13-15-27)19-6-4-5-7-19)22-23-24-25-28(22)16-31(29,30)20-10-8-18(3)9-11-20/h8-11,17,19,21H,4-7,12-16H2,1-3H3. The quantitative estimate of drug-likeness (QED) is 0.646. The lowest BCUT2D eigenvalue weighted by molar-refractivity contribution is 0.0502. The zero-order valence-corrected chi connectivity index (χ0v) is 19.6. The molecule has 4 rings (SSSR count). The van der Waals surface area contributed by atoms with Gasteiger partial charge in [0.15, 0.2) is 21.5 Å². The van der Waals surface area contributed by atoms with Gasteiger partial charge >= 0.3 is 0 Å². The van der Waals surface area contributed by atoms with Crippen LogP contribution in [0.2, 0.25) is 0 Å². The van der Waals surface area contributed by atoms with Crippen LogP contribution in [0.15, 0.2) is 29.2 Å². The monoisotopic (exact) mass is 446 g/mol. The fourth-order valence-corrected chi connectivity index (χ4v) is 6.24. The zero-order chi connectivity index (χ0) is 22.0. The average molecular weight is 447 g/mol. The van der Waals surface area contributed by atoms with E-state index in [2.05, 4.69) is 39.2 Å². The van der Waals surface area contributed by atoms with Crippen LogP contribution in [0.3, 0.4) is 0 Å². The van der Waals surface area contributed by atoms with Crippen molar-refractivity contribution in [3.05, 3.63) is 35.7 Å². The minimum absolute atomic E-state index is 0.00561. The Labute approximate surface area is 185 Å². The Hall–Kier alpha value is -1.84. The van der Waals surface area contributed by atoms with Gasteiger partial charge in [0.2, 0.25) is 0 Å². The molecule has 0 N–H and O–H groups in total. The molecule has 1 aromatic carbocycles. The van der Waals surface area contributed by atoms with E-state index in [0.717, 1.165) is 37.8 Å². The molecule has 9 heteroatoms. The Balaban J connectivity index is 1.50. The van der Waals surface area contributed by atoms with E-state index in [0.29, 0.717) is 10.7 Å². The van der Waals surface area contributed by atoms with Gasteiger partial charge in [-0.15, -0.1) is 5.10 Å². The van der Waals surface area contributed by atoms with Gasteiger partial charge < -0.3 is 0 Å². The summed E-state index contributed by atoms with van der Waals surface area (Å²) in [7, 11) is -3.54. The molecule has 0 amide bonds. The van der Waals surface area contributed by atoms with Gasteiger partial charge in [-0.2, -0.15) is 0 Å². The molecule has 1 saturated carbocycles. The van der Waals surface area contributed by atoms with Gasteiger partial charge in [0.05, 0.1) is 10.9 Å². The fourth-order valence-electron chi connectivity index (χ4n) is 5.03. The summed E-state index contributed by atoms with van der Waals surface area (Å²) < 4.78 is 27.4. The smallest absolute Gasteiger partial charge is 0.198 e. The summed E-state index contributed by atoms with van der Waals surface area (Å²) in [6, 6.07) is 7.66. The predicted molar refractivity (Wildman–Crippen MR) is 119 cm³/mol. The molecule has 2 fully saturated rings. The molecule has 2 aromatic rings. The molecular weight excluding hydrogens is 412 g/mol. The first-order valence-electron chi connectivity index (χ1n) is 11.4. The van der Waals surface area contributed by atoms with Crippen molar-refractivity contribution in [2.75, 3.05) is 26.2 Å². The summed E-state index contributed by atoms with van der Waals surface area (Å²) in [5.74, 6) is 0.661. The molecule has 170 valence electrons. The molecule has 1 aliphatic heterocycles. The van der Waals surface area contributed by atoms with Crippen LogP contribution in [-0.2, 0) is 15.7 Å². The van der Waals surface area contributed by atoms with E-state index in [1.54, 1.807) is 12.1 Å². The van der Waals surface area contributed by atoms with Crippen molar-refractivity contribution in [2.45, 2.75) is 69.3 Å². The van der Waals surface area contributed by atoms with E-state index in [1.165, 1.54) is 30.4 Å². The number of aromatic nitrogens is 4. The van der Waals surface area contributed by atoms with E-state index in [9.17, 15) is 8.42 Å². The van der Waals surface area contributed by atoms with Crippen molar-refractivity contribution in [1.82, 2.24) is 30.0 Å². The summed E-state index contributed by atoms with van der Waals surface area (Å²) in [6.07, 6.45) is 5.35. The molecule has 2 aliphatic rings. The Kier molecular flexibility index (Phi) is 6.74.